The van der Waals surface area contributed by atoms with Gasteiger partial charge < -0.3 is 10.4 Å². The van der Waals surface area contributed by atoms with Gasteiger partial charge in [0.15, 0.2) is 0 Å². The molecule has 1 amide bonds. The number of carboxylic acid groups (broad SMARTS) is 1. The lowest BCUT2D eigenvalue weighted by molar-refractivity contribution is -0.116. The van der Waals surface area contributed by atoms with Gasteiger partial charge in [0.1, 0.15) is 4.88 Å². The number of hydrogen-bond acceptors (Lipinski definition) is 3. The van der Waals surface area contributed by atoms with Gasteiger partial charge in [0.2, 0.25) is 5.91 Å². The smallest absolute Gasteiger partial charge is 0.346 e. The zero-order valence-electron chi connectivity index (χ0n) is 14.5. The number of carbonyl (C=O) groups excluding carboxylic acids is 1. The van der Waals surface area contributed by atoms with Gasteiger partial charge in [0.25, 0.3) is 0 Å². The number of halogens is 1. The Morgan fingerprint density at radius 1 is 1.19 bits per heavy atom. The first-order valence-corrected chi connectivity index (χ1v) is 9.66. The Hall–Kier alpha value is -2.63. The summed E-state index contributed by atoms with van der Waals surface area (Å²) in [5.41, 5.74) is 4.01. The van der Waals surface area contributed by atoms with E-state index in [9.17, 15) is 14.7 Å². The molecule has 0 aliphatic carbocycles. The molecule has 27 heavy (non-hydrogen) atoms. The molecule has 0 saturated heterocycles. The standard InChI is InChI=1S/C21H16ClNO3S/c1-11-4-2-3-5-14(11)15-10-16(24)23-18-17(12-6-8-13(22)9-7-12)20(21(25)26)27-19(15)18/h2-9,15H,10H2,1H3,(H,23,24)(H,25,26)/t15-/m1/s1. The molecule has 0 radical (unpaired) electrons. The van der Waals surface area contributed by atoms with Crippen molar-refractivity contribution >= 4 is 40.5 Å². The molecule has 0 fully saturated rings. The van der Waals surface area contributed by atoms with Gasteiger partial charge in [0.05, 0.1) is 5.69 Å². The van der Waals surface area contributed by atoms with Crippen LogP contribution in [0, 0.1) is 6.92 Å². The van der Waals surface area contributed by atoms with Crippen molar-refractivity contribution in [3.8, 4) is 11.1 Å². The minimum Gasteiger partial charge on any atom is -0.477 e. The summed E-state index contributed by atoms with van der Waals surface area (Å²) in [6.45, 7) is 2.01. The van der Waals surface area contributed by atoms with Crippen molar-refractivity contribution in [1.82, 2.24) is 0 Å². The maximum absolute atomic E-state index is 12.5. The molecule has 2 aromatic carbocycles. The Morgan fingerprint density at radius 2 is 1.89 bits per heavy atom. The van der Waals surface area contributed by atoms with E-state index in [1.54, 1.807) is 24.3 Å². The second kappa shape index (κ2) is 6.83. The Morgan fingerprint density at radius 3 is 2.56 bits per heavy atom. The first-order valence-electron chi connectivity index (χ1n) is 8.47. The highest BCUT2D eigenvalue weighted by atomic mass is 35.5. The summed E-state index contributed by atoms with van der Waals surface area (Å²) in [4.78, 5) is 25.5. The lowest BCUT2D eigenvalue weighted by Gasteiger charge is -2.25. The predicted octanol–water partition coefficient (Wildman–Crippen LogP) is 5.55. The third kappa shape index (κ3) is 3.13. The number of carboxylic acids is 1. The number of aryl methyl sites for hydroxylation is 1. The molecule has 4 rings (SSSR count). The number of thiophene rings is 1. The van der Waals surface area contributed by atoms with E-state index in [1.165, 1.54) is 11.3 Å². The molecule has 1 atom stereocenters. The van der Waals surface area contributed by atoms with E-state index < -0.39 is 5.97 Å². The summed E-state index contributed by atoms with van der Waals surface area (Å²) in [6, 6.07) is 14.9. The summed E-state index contributed by atoms with van der Waals surface area (Å²) in [7, 11) is 0. The minimum absolute atomic E-state index is 0.110. The average molecular weight is 398 g/mol. The lowest BCUT2D eigenvalue weighted by atomic mass is 9.86. The highest BCUT2D eigenvalue weighted by Gasteiger charge is 2.34. The highest BCUT2D eigenvalue weighted by molar-refractivity contribution is 7.15. The van der Waals surface area contributed by atoms with Crippen molar-refractivity contribution in [2.24, 2.45) is 0 Å². The van der Waals surface area contributed by atoms with Crippen LogP contribution < -0.4 is 5.32 Å². The number of amides is 1. The highest BCUT2D eigenvalue weighted by Crippen LogP contribution is 2.49. The largest absolute Gasteiger partial charge is 0.477 e. The fourth-order valence-corrected chi connectivity index (χ4v) is 4.92. The maximum atomic E-state index is 12.5. The van der Waals surface area contributed by atoms with Crippen LogP contribution >= 0.6 is 22.9 Å². The molecule has 1 aliphatic heterocycles. The Bertz CT molecular complexity index is 1060. The Kier molecular flexibility index (Phi) is 4.50. The van der Waals surface area contributed by atoms with Crippen molar-refractivity contribution in [1.29, 1.82) is 0 Å². The maximum Gasteiger partial charge on any atom is 0.346 e. The molecular formula is C21H16ClNO3S. The molecule has 6 heteroatoms. The van der Waals surface area contributed by atoms with Gasteiger partial charge >= 0.3 is 5.97 Å². The van der Waals surface area contributed by atoms with Gasteiger partial charge in [0, 0.05) is 27.8 Å². The van der Waals surface area contributed by atoms with Crippen molar-refractivity contribution in [3.63, 3.8) is 0 Å². The molecule has 3 aromatic rings. The molecular weight excluding hydrogens is 382 g/mol. The SMILES string of the molecule is Cc1ccccc1[C@H]1CC(=O)Nc2c1sc(C(=O)O)c2-c1ccc(Cl)cc1. The van der Waals surface area contributed by atoms with E-state index in [0.717, 1.165) is 21.6 Å². The van der Waals surface area contributed by atoms with E-state index in [-0.39, 0.29) is 16.7 Å². The van der Waals surface area contributed by atoms with Crippen molar-refractivity contribution in [2.75, 3.05) is 5.32 Å². The summed E-state index contributed by atoms with van der Waals surface area (Å²) < 4.78 is 0. The van der Waals surface area contributed by atoms with Crippen LogP contribution in [0.5, 0.6) is 0 Å². The number of carbonyl (C=O) groups is 2. The van der Waals surface area contributed by atoms with E-state index in [0.29, 0.717) is 22.7 Å². The van der Waals surface area contributed by atoms with Crippen molar-refractivity contribution < 1.29 is 14.7 Å². The fourth-order valence-electron chi connectivity index (χ4n) is 3.56. The monoisotopic (exact) mass is 397 g/mol. The number of aromatic carboxylic acids is 1. The van der Waals surface area contributed by atoms with Crippen LogP contribution in [0.3, 0.4) is 0 Å². The van der Waals surface area contributed by atoms with Crippen LogP contribution in [0.25, 0.3) is 11.1 Å². The van der Waals surface area contributed by atoms with Crippen LogP contribution in [0.15, 0.2) is 48.5 Å². The van der Waals surface area contributed by atoms with Gasteiger partial charge in [-0.25, -0.2) is 4.79 Å². The topological polar surface area (TPSA) is 66.4 Å². The third-order valence-electron chi connectivity index (χ3n) is 4.80. The molecule has 0 spiro atoms. The summed E-state index contributed by atoms with van der Waals surface area (Å²) in [6.07, 6.45) is 0.303. The summed E-state index contributed by atoms with van der Waals surface area (Å²) in [5.74, 6) is -1.27. The molecule has 2 N–H and O–H groups in total. The molecule has 0 unspecified atom stereocenters. The Balaban J connectivity index is 1.95. The van der Waals surface area contributed by atoms with Gasteiger partial charge in [-0.05, 0) is 35.7 Å². The van der Waals surface area contributed by atoms with E-state index >= 15 is 0 Å². The molecule has 1 aliphatic rings. The Labute approximate surface area is 165 Å². The van der Waals surface area contributed by atoms with Crippen LogP contribution in [0.1, 0.15) is 38.0 Å². The van der Waals surface area contributed by atoms with Crippen molar-refractivity contribution in [3.05, 3.63) is 74.4 Å². The zero-order chi connectivity index (χ0) is 19.1. The van der Waals surface area contributed by atoms with E-state index in [2.05, 4.69) is 5.32 Å². The molecule has 0 bridgehead atoms. The van der Waals surface area contributed by atoms with E-state index in [1.807, 2.05) is 31.2 Å². The first-order chi connectivity index (χ1) is 13.0. The zero-order valence-corrected chi connectivity index (χ0v) is 16.0. The van der Waals surface area contributed by atoms with Gasteiger partial charge in [-0.15, -0.1) is 11.3 Å². The minimum atomic E-state index is -1.00. The second-order valence-corrected chi connectivity index (χ2v) is 8.01. The summed E-state index contributed by atoms with van der Waals surface area (Å²) >= 11 is 7.21. The lowest BCUT2D eigenvalue weighted by Crippen LogP contribution is -2.22. The fraction of sp³-hybridized carbons (Fsp3) is 0.143. The molecule has 4 nitrogen and oxygen atoms in total. The van der Waals surface area contributed by atoms with Crippen LogP contribution in [0.4, 0.5) is 5.69 Å². The van der Waals surface area contributed by atoms with Crippen LogP contribution in [0.2, 0.25) is 5.02 Å². The van der Waals surface area contributed by atoms with Crippen LogP contribution in [-0.4, -0.2) is 17.0 Å². The molecule has 0 saturated carbocycles. The molecule has 1 aromatic heterocycles. The summed E-state index contributed by atoms with van der Waals surface area (Å²) in [5, 5.41) is 13.3. The van der Waals surface area contributed by atoms with Gasteiger partial charge in [-0.3, -0.25) is 4.79 Å². The molecule has 136 valence electrons. The first kappa shape index (κ1) is 17.8. The number of nitrogens with one attached hydrogen (secondary N) is 1. The number of benzene rings is 2. The quantitative estimate of drug-likeness (QED) is 0.608. The molecule has 2 heterocycles. The van der Waals surface area contributed by atoms with Crippen molar-refractivity contribution in [2.45, 2.75) is 19.3 Å². The van der Waals surface area contributed by atoms with Gasteiger partial charge in [-0.1, -0.05) is 48.0 Å². The normalized spacial score (nSPS) is 15.9. The number of fused-ring (bicyclic) bond motifs is 1. The predicted molar refractivity (Wildman–Crippen MR) is 108 cm³/mol. The average Bonchev–Trinajstić information content (AvgIpc) is 3.02. The third-order valence-corrected chi connectivity index (χ3v) is 6.34. The number of anilines is 1. The number of hydrogen-bond donors (Lipinski definition) is 2. The van der Waals surface area contributed by atoms with E-state index in [4.69, 9.17) is 11.6 Å². The van der Waals surface area contributed by atoms with Crippen LogP contribution in [-0.2, 0) is 4.79 Å². The number of rotatable bonds is 3. The van der Waals surface area contributed by atoms with Gasteiger partial charge in [-0.2, -0.15) is 0 Å². The second-order valence-electron chi connectivity index (χ2n) is 6.52.